The van der Waals surface area contributed by atoms with Crippen molar-refractivity contribution < 1.29 is 28.7 Å². The molecule has 2 aliphatic heterocycles. The molecule has 0 spiro atoms. The Morgan fingerprint density at radius 2 is 1.51 bits per heavy atom. The fourth-order valence-electron chi connectivity index (χ4n) is 4.44. The van der Waals surface area contributed by atoms with Crippen molar-refractivity contribution in [2.24, 2.45) is 5.92 Å². The maximum Gasteiger partial charge on any atom is 0.316 e. The van der Waals surface area contributed by atoms with Gasteiger partial charge in [-0.3, -0.25) is 19.2 Å². The molecule has 0 bridgehead atoms. The van der Waals surface area contributed by atoms with Crippen LogP contribution in [0, 0.1) is 5.92 Å². The summed E-state index contributed by atoms with van der Waals surface area (Å²) in [6.07, 6.45) is -0.0921. The Bertz CT molecular complexity index is 1550. The monoisotopic (exact) mass is 626 g/mol. The normalized spacial score (nSPS) is 16.7. The summed E-state index contributed by atoms with van der Waals surface area (Å²) in [6.45, 7) is 0.0466. The van der Waals surface area contributed by atoms with Crippen molar-refractivity contribution in [3.63, 3.8) is 0 Å². The predicted octanol–water partition coefficient (Wildman–Crippen LogP) is 6.72. The summed E-state index contributed by atoms with van der Waals surface area (Å²) in [4.78, 5) is 54.3. The Balaban J connectivity index is 1.37. The van der Waals surface area contributed by atoms with Gasteiger partial charge in [0.25, 0.3) is 11.8 Å². The SMILES string of the molecule is COc1ccc(Cl)cc1N1C[C@@H](C(=O)Oc2cccc(N3C(=O)c4c(Cl)c(Cl)c(Cl)c(Cl)c4C3=O)c2)CC1=O. The first-order chi connectivity index (χ1) is 18.5. The van der Waals surface area contributed by atoms with Crippen LogP contribution in [0.2, 0.25) is 25.1 Å². The van der Waals surface area contributed by atoms with E-state index >= 15 is 0 Å². The van der Waals surface area contributed by atoms with E-state index in [-0.39, 0.29) is 61.5 Å². The topological polar surface area (TPSA) is 93.2 Å². The number of halogens is 5. The van der Waals surface area contributed by atoms with Crippen LogP contribution in [0.15, 0.2) is 42.5 Å². The number of nitrogens with zero attached hydrogens (tertiary/aromatic N) is 2. The standard InChI is InChI=1S/C26H15Cl5N2O6/c1-38-16-6-5-12(27)8-15(16)32-10-11(7-17(32)34)26(37)39-14-4-2-3-13(9-14)33-24(35)18-19(25(33)36)21(29)23(31)22(30)20(18)28/h2-6,8-9,11H,7,10H2,1H3/t11-/m0/s1. The van der Waals surface area contributed by atoms with Crippen LogP contribution < -0.4 is 19.3 Å². The van der Waals surface area contributed by atoms with E-state index in [2.05, 4.69) is 0 Å². The maximum absolute atomic E-state index is 13.2. The molecule has 2 aliphatic rings. The van der Waals surface area contributed by atoms with Crippen LogP contribution in [0.5, 0.6) is 11.5 Å². The number of ether oxygens (including phenoxy) is 2. The minimum Gasteiger partial charge on any atom is -0.495 e. The molecule has 0 unspecified atom stereocenters. The molecule has 1 atom stereocenters. The molecule has 8 nitrogen and oxygen atoms in total. The lowest BCUT2D eigenvalue weighted by molar-refractivity contribution is -0.139. The van der Waals surface area contributed by atoms with E-state index in [0.29, 0.717) is 16.5 Å². The first-order valence-electron chi connectivity index (χ1n) is 11.2. The number of benzene rings is 3. The summed E-state index contributed by atoms with van der Waals surface area (Å²) >= 11 is 30.7. The average molecular weight is 629 g/mol. The molecule has 1 saturated heterocycles. The molecule has 2 heterocycles. The molecule has 3 aromatic rings. The third-order valence-corrected chi connectivity index (χ3v) is 8.32. The van der Waals surface area contributed by atoms with Gasteiger partial charge in [-0.1, -0.05) is 64.1 Å². The van der Waals surface area contributed by atoms with Crippen molar-refractivity contribution in [3.05, 3.63) is 78.7 Å². The number of amides is 3. The van der Waals surface area contributed by atoms with Crippen LogP contribution in [0.1, 0.15) is 27.1 Å². The Hall–Kier alpha value is -3.01. The van der Waals surface area contributed by atoms with Crippen molar-refractivity contribution >= 4 is 93.1 Å². The molecule has 0 aromatic heterocycles. The largest absolute Gasteiger partial charge is 0.495 e. The molecule has 0 saturated carbocycles. The number of imide groups is 1. The minimum atomic E-state index is -0.786. The highest BCUT2D eigenvalue weighted by atomic mass is 35.5. The molecule has 0 aliphatic carbocycles. The quantitative estimate of drug-likeness (QED) is 0.102. The average Bonchev–Trinajstić information content (AvgIpc) is 3.42. The summed E-state index contributed by atoms with van der Waals surface area (Å²) in [7, 11) is 1.46. The lowest BCUT2D eigenvalue weighted by atomic mass is 10.1. The molecule has 200 valence electrons. The number of carbonyl (C=O) groups is 4. The van der Waals surface area contributed by atoms with E-state index in [1.807, 2.05) is 0 Å². The van der Waals surface area contributed by atoms with E-state index in [0.717, 1.165) is 4.90 Å². The fourth-order valence-corrected chi connectivity index (χ4v) is 5.62. The van der Waals surface area contributed by atoms with Gasteiger partial charge in [-0.25, -0.2) is 4.90 Å². The van der Waals surface area contributed by atoms with E-state index in [1.54, 1.807) is 18.2 Å². The summed E-state index contributed by atoms with van der Waals surface area (Å²) in [5.41, 5.74) is 0.183. The molecule has 0 N–H and O–H groups in total. The van der Waals surface area contributed by atoms with Gasteiger partial charge in [-0.05, 0) is 30.3 Å². The number of fused-ring (bicyclic) bond motifs is 1. The second-order valence-corrected chi connectivity index (χ2v) is 10.5. The minimum absolute atomic E-state index is 0.0466. The zero-order valence-electron chi connectivity index (χ0n) is 19.8. The molecular formula is C26H15Cl5N2O6. The number of methoxy groups -OCH3 is 1. The summed E-state index contributed by atoms with van der Waals surface area (Å²) in [5, 5.41) is -0.291. The van der Waals surface area contributed by atoms with Gasteiger partial charge >= 0.3 is 5.97 Å². The van der Waals surface area contributed by atoms with Crippen molar-refractivity contribution in [1.82, 2.24) is 0 Å². The number of carbonyl (C=O) groups excluding carboxylic acids is 4. The van der Waals surface area contributed by atoms with Gasteiger partial charge in [0, 0.05) is 24.1 Å². The number of anilines is 2. The van der Waals surface area contributed by atoms with Crippen molar-refractivity contribution in [2.75, 3.05) is 23.5 Å². The summed E-state index contributed by atoms with van der Waals surface area (Å²) < 4.78 is 10.8. The highest BCUT2D eigenvalue weighted by Gasteiger charge is 2.43. The Kier molecular flexibility index (Phi) is 7.43. The van der Waals surface area contributed by atoms with Crippen LogP contribution in [-0.2, 0) is 9.59 Å². The Labute approximate surface area is 246 Å². The van der Waals surface area contributed by atoms with Gasteiger partial charge in [0.1, 0.15) is 11.5 Å². The lowest BCUT2D eigenvalue weighted by Crippen LogP contribution is -2.29. The molecule has 13 heteroatoms. The van der Waals surface area contributed by atoms with Crippen molar-refractivity contribution in [3.8, 4) is 11.5 Å². The second kappa shape index (κ2) is 10.5. The Morgan fingerprint density at radius 1 is 0.872 bits per heavy atom. The lowest BCUT2D eigenvalue weighted by Gasteiger charge is -2.19. The van der Waals surface area contributed by atoms with E-state index in [4.69, 9.17) is 67.5 Å². The molecule has 3 amide bonds. The molecule has 0 radical (unpaired) electrons. The third kappa shape index (κ3) is 4.70. The van der Waals surface area contributed by atoms with Crippen LogP contribution in [-0.4, -0.2) is 37.3 Å². The zero-order valence-corrected chi connectivity index (χ0v) is 23.5. The highest BCUT2D eigenvalue weighted by Crippen LogP contribution is 2.46. The number of hydrogen-bond donors (Lipinski definition) is 0. The highest BCUT2D eigenvalue weighted by molar-refractivity contribution is 6.56. The van der Waals surface area contributed by atoms with Gasteiger partial charge < -0.3 is 14.4 Å². The van der Waals surface area contributed by atoms with Crippen LogP contribution >= 0.6 is 58.0 Å². The third-order valence-electron chi connectivity index (χ3n) is 6.29. The fraction of sp³-hybridized carbons (Fsp3) is 0.154. The van der Waals surface area contributed by atoms with Crippen LogP contribution in [0.3, 0.4) is 0 Å². The van der Waals surface area contributed by atoms with Gasteiger partial charge in [0.05, 0.1) is 55.6 Å². The molecule has 1 fully saturated rings. The van der Waals surface area contributed by atoms with Crippen LogP contribution in [0.4, 0.5) is 11.4 Å². The van der Waals surface area contributed by atoms with Gasteiger partial charge in [0.15, 0.2) is 0 Å². The van der Waals surface area contributed by atoms with Crippen LogP contribution in [0.25, 0.3) is 0 Å². The second-order valence-electron chi connectivity index (χ2n) is 8.59. The molecule has 3 aromatic carbocycles. The van der Waals surface area contributed by atoms with Crippen molar-refractivity contribution in [1.29, 1.82) is 0 Å². The first-order valence-corrected chi connectivity index (χ1v) is 13.1. The predicted molar refractivity (Wildman–Crippen MR) is 148 cm³/mol. The van der Waals surface area contributed by atoms with E-state index in [1.165, 1.54) is 36.3 Å². The number of hydrogen-bond acceptors (Lipinski definition) is 6. The number of rotatable bonds is 5. The van der Waals surface area contributed by atoms with E-state index in [9.17, 15) is 19.2 Å². The number of esters is 1. The van der Waals surface area contributed by atoms with Crippen molar-refractivity contribution in [2.45, 2.75) is 6.42 Å². The maximum atomic E-state index is 13.2. The summed E-state index contributed by atoms with van der Waals surface area (Å²) in [6, 6.07) is 10.6. The molecule has 5 rings (SSSR count). The van der Waals surface area contributed by atoms with E-state index < -0.39 is 23.7 Å². The smallest absolute Gasteiger partial charge is 0.316 e. The van der Waals surface area contributed by atoms with Gasteiger partial charge in [-0.15, -0.1) is 0 Å². The van der Waals surface area contributed by atoms with Gasteiger partial charge in [-0.2, -0.15) is 0 Å². The molecular weight excluding hydrogens is 614 g/mol. The zero-order chi connectivity index (χ0) is 28.2. The Morgan fingerprint density at radius 3 is 2.13 bits per heavy atom. The summed E-state index contributed by atoms with van der Waals surface area (Å²) in [5.74, 6) is -2.81. The van der Waals surface area contributed by atoms with Gasteiger partial charge in [0.2, 0.25) is 5.91 Å². The first kappa shape index (κ1) is 27.6. The molecule has 39 heavy (non-hydrogen) atoms.